The summed E-state index contributed by atoms with van der Waals surface area (Å²) in [5.41, 5.74) is 3.25. The molecule has 0 saturated heterocycles. The van der Waals surface area contributed by atoms with Crippen LogP contribution in [-0.2, 0) is 4.79 Å². The summed E-state index contributed by atoms with van der Waals surface area (Å²) < 4.78 is 15.8. The normalized spacial score (nSPS) is 10.5. The van der Waals surface area contributed by atoms with Crippen LogP contribution in [-0.4, -0.2) is 33.5 Å². The summed E-state index contributed by atoms with van der Waals surface area (Å²) in [5.74, 6) is 1.51. The van der Waals surface area contributed by atoms with Crippen molar-refractivity contribution >= 4 is 12.1 Å². The van der Waals surface area contributed by atoms with E-state index in [1.165, 1.54) is 0 Å². The number of rotatable bonds is 9. The van der Waals surface area contributed by atoms with E-state index >= 15 is 0 Å². The highest BCUT2D eigenvalue weighted by Crippen LogP contribution is 2.37. The minimum atomic E-state index is -0.0860. The zero-order valence-electron chi connectivity index (χ0n) is 13.6. The van der Waals surface area contributed by atoms with Crippen molar-refractivity contribution in [2.75, 3.05) is 21.3 Å². The Hall–Kier alpha value is -2.24. The highest BCUT2D eigenvalue weighted by Gasteiger charge is 2.12. The van der Waals surface area contributed by atoms with Crippen molar-refractivity contribution in [3.63, 3.8) is 0 Å². The van der Waals surface area contributed by atoms with Crippen molar-refractivity contribution in [2.45, 2.75) is 32.6 Å². The first-order valence-corrected chi connectivity index (χ1v) is 7.28. The zero-order chi connectivity index (χ0) is 16.4. The zero-order valence-corrected chi connectivity index (χ0v) is 13.6. The van der Waals surface area contributed by atoms with Crippen LogP contribution in [0.1, 0.15) is 38.2 Å². The topological polar surface area (TPSA) is 69.2 Å². The summed E-state index contributed by atoms with van der Waals surface area (Å²) in [6, 6.07) is 3.52. The Labute approximate surface area is 131 Å². The number of hydrogen-bond donors (Lipinski definition) is 1. The van der Waals surface area contributed by atoms with E-state index < -0.39 is 0 Å². The van der Waals surface area contributed by atoms with E-state index in [2.05, 4.69) is 17.5 Å². The maximum Gasteiger partial charge on any atom is 0.240 e. The number of nitrogens with one attached hydrogen (secondary N) is 1. The Kier molecular flexibility index (Phi) is 7.81. The number of nitrogens with zero attached hydrogens (tertiary/aromatic N) is 1. The monoisotopic (exact) mass is 308 g/mol. The smallest absolute Gasteiger partial charge is 0.240 e. The number of methoxy groups -OCH3 is 3. The largest absolute Gasteiger partial charge is 0.493 e. The molecule has 122 valence electrons. The fourth-order valence-electron chi connectivity index (χ4n) is 1.95. The molecule has 6 heteroatoms. The lowest BCUT2D eigenvalue weighted by molar-refractivity contribution is -0.121. The van der Waals surface area contributed by atoms with Crippen molar-refractivity contribution in [2.24, 2.45) is 5.10 Å². The van der Waals surface area contributed by atoms with Gasteiger partial charge < -0.3 is 14.2 Å². The first kappa shape index (κ1) is 17.8. The molecule has 1 aromatic carbocycles. The molecule has 0 heterocycles. The van der Waals surface area contributed by atoms with Gasteiger partial charge in [0.1, 0.15) is 0 Å². The highest BCUT2D eigenvalue weighted by molar-refractivity contribution is 5.84. The summed E-state index contributed by atoms with van der Waals surface area (Å²) >= 11 is 0. The van der Waals surface area contributed by atoms with Crippen LogP contribution in [0.5, 0.6) is 17.2 Å². The van der Waals surface area contributed by atoms with Crippen LogP contribution < -0.4 is 19.6 Å². The molecule has 0 radical (unpaired) electrons. The average Bonchev–Trinajstić information content (AvgIpc) is 2.54. The predicted octanol–water partition coefficient (Wildman–Crippen LogP) is 2.74. The second-order valence-corrected chi connectivity index (χ2v) is 4.71. The van der Waals surface area contributed by atoms with Crippen LogP contribution in [0.15, 0.2) is 17.2 Å². The van der Waals surface area contributed by atoms with Gasteiger partial charge in [-0.2, -0.15) is 5.10 Å². The minimum Gasteiger partial charge on any atom is -0.493 e. The van der Waals surface area contributed by atoms with Gasteiger partial charge in [-0.1, -0.05) is 19.8 Å². The average molecular weight is 308 g/mol. The Morgan fingerprint density at radius 2 is 1.77 bits per heavy atom. The van der Waals surface area contributed by atoms with Gasteiger partial charge in [0.25, 0.3) is 0 Å². The molecule has 0 atom stereocenters. The number of hydrazone groups is 1. The van der Waals surface area contributed by atoms with Crippen molar-refractivity contribution in [3.8, 4) is 17.2 Å². The van der Waals surface area contributed by atoms with E-state index in [1.807, 2.05) is 0 Å². The molecule has 1 amide bonds. The van der Waals surface area contributed by atoms with Crippen molar-refractivity contribution in [3.05, 3.63) is 17.7 Å². The maximum absolute atomic E-state index is 11.6. The van der Waals surface area contributed by atoms with Gasteiger partial charge in [-0.25, -0.2) is 5.43 Å². The van der Waals surface area contributed by atoms with Crippen LogP contribution in [0.2, 0.25) is 0 Å². The van der Waals surface area contributed by atoms with Crippen LogP contribution in [0.3, 0.4) is 0 Å². The standard InChI is InChI=1S/C16H24N2O4/c1-5-6-7-8-15(19)18-17-11-12-9-13(20-2)16(22-4)14(10-12)21-3/h9-11H,5-8H2,1-4H3,(H,18,19). The molecule has 0 aliphatic carbocycles. The van der Waals surface area contributed by atoms with Gasteiger partial charge in [-0.15, -0.1) is 0 Å². The lowest BCUT2D eigenvalue weighted by Crippen LogP contribution is -2.16. The van der Waals surface area contributed by atoms with Gasteiger partial charge in [0, 0.05) is 12.0 Å². The number of amides is 1. The van der Waals surface area contributed by atoms with Crippen molar-refractivity contribution in [1.29, 1.82) is 0 Å². The van der Waals surface area contributed by atoms with Gasteiger partial charge in [0.2, 0.25) is 11.7 Å². The third-order valence-electron chi connectivity index (χ3n) is 3.10. The molecule has 1 N–H and O–H groups in total. The molecule has 0 bridgehead atoms. The molecule has 1 rings (SSSR count). The third-order valence-corrected chi connectivity index (χ3v) is 3.10. The van der Waals surface area contributed by atoms with Gasteiger partial charge in [-0.05, 0) is 18.6 Å². The Morgan fingerprint density at radius 3 is 2.27 bits per heavy atom. The number of hydrogen-bond acceptors (Lipinski definition) is 5. The third kappa shape index (κ3) is 5.27. The lowest BCUT2D eigenvalue weighted by atomic mass is 10.2. The van der Waals surface area contributed by atoms with Crippen molar-refractivity contribution in [1.82, 2.24) is 5.43 Å². The molecule has 0 aromatic heterocycles. The molecular weight excluding hydrogens is 284 g/mol. The number of unbranched alkanes of at least 4 members (excludes halogenated alkanes) is 2. The number of carbonyl (C=O) groups excluding carboxylic acids is 1. The van der Waals surface area contributed by atoms with Crippen LogP contribution >= 0.6 is 0 Å². The Balaban J connectivity index is 2.72. The first-order chi connectivity index (χ1) is 10.7. The van der Waals surface area contributed by atoms with Gasteiger partial charge in [-0.3, -0.25) is 4.79 Å². The summed E-state index contributed by atoms with van der Waals surface area (Å²) in [5, 5.41) is 3.95. The van der Waals surface area contributed by atoms with Gasteiger partial charge in [0.05, 0.1) is 27.5 Å². The predicted molar refractivity (Wildman–Crippen MR) is 86.0 cm³/mol. The molecule has 0 aliphatic rings. The number of ether oxygens (including phenoxy) is 3. The minimum absolute atomic E-state index is 0.0860. The second kappa shape index (κ2) is 9.65. The van der Waals surface area contributed by atoms with Crippen molar-refractivity contribution < 1.29 is 19.0 Å². The molecule has 0 fully saturated rings. The van der Waals surface area contributed by atoms with E-state index in [-0.39, 0.29) is 5.91 Å². The van der Waals surface area contributed by atoms with Crippen LogP contribution in [0.4, 0.5) is 0 Å². The molecule has 0 spiro atoms. The Morgan fingerprint density at radius 1 is 1.14 bits per heavy atom. The SMILES string of the molecule is CCCCCC(=O)NN=Cc1cc(OC)c(OC)c(OC)c1. The highest BCUT2D eigenvalue weighted by atomic mass is 16.5. The fourth-order valence-corrected chi connectivity index (χ4v) is 1.95. The summed E-state index contributed by atoms with van der Waals surface area (Å²) in [7, 11) is 4.64. The quantitative estimate of drug-likeness (QED) is 0.433. The summed E-state index contributed by atoms with van der Waals surface area (Å²) in [4.78, 5) is 11.6. The van der Waals surface area contributed by atoms with Crippen LogP contribution in [0.25, 0.3) is 0 Å². The van der Waals surface area contributed by atoms with Gasteiger partial charge >= 0.3 is 0 Å². The molecule has 0 unspecified atom stereocenters. The Bertz CT molecular complexity index is 490. The maximum atomic E-state index is 11.6. The van der Waals surface area contributed by atoms with E-state index in [9.17, 15) is 4.79 Å². The summed E-state index contributed by atoms with van der Waals surface area (Å²) in [6.07, 6.45) is 5.04. The number of benzene rings is 1. The van der Waals surface area contributed by atoms with E-state index in [1.54, 1.807) is 39.7 Å². The molecule has 22 heavy (non-hydrogen) atoms. The van der Waals surface area contributed by atoms with Gasteiger partial charge in [0.15, 0.2) is 11.5 Å². The lowest BCUT2D eigenvalue weighted by Gasteiger charge is -2.12. The summed E-state index contributed by atoms with van der Waals surface area (Å²) in [6.45, 7) is 2.10. The first-order valence-electron chi connectivity index (χ1n) is 7.28. The fraction of sp³-hybridized carbons (Fsp3) is 0.500. The van der Waals surface area contributed by atoms with Crippen LogP contribution in [0, 0.1) is 0 Å². The molecule has 0 aliphatic heterocycles. The molecule has 6 nitrogen and oxygen atoms in total. The molecular formula is C16H24N2O4. The molecule has 0 saturated carbocycles. The van der Waals surface area contributed by atoms with E-state index in [0.717, 1.165) is 24.8 Å². The second-order valence-electron chi connectivity index (χ2n) is 4.71. The molecule has 1 aromatic rings. The van der Waals surface area contributed by atoms with E-state index in [4.69, 9.17) is 14.2 Å². The van der Waals surface area contributed by atoms with E-state index in [0.29, 0.717) is 23.7 Å². The number of carbonyl (C=O) groups is 1.